The second-order valence-corrected chi connectivity index (χ2v) is 8.32. The summed E-state index contributed by atoms with van der Waals surface area (Å²) in [6.07, 6.45) is 1.25. The van der Waals surface area contributed by atoms with Crippen molar-refractivity contribution in [2.45, 2.75) is 33.7 Å². The van der Waals surface area contributed by atoms with Crippen molar-refractivity contribution in [1.82, 2.24) is 30.7 Å². The summed E-state index contributed by atoms with van der Waals surface area (Å²) < 4.78 is 13.5. The predicted octanol–water partition coefficient (Wildman–Crippen LogP) is 4.30. The lowest BCUT2D eigenvalue weighted by molar-refractivity contribution is 0.584. The highest BCUT2D eigenvalue weighted by molar-refractivity contribution is 5.85. The fourth-order valence-electron chi connectivity index (χ4n) is 3.76. The number of hydrogen-bond donors (Lipinski definition) is 3. The number of anilines is 2. The van der Waals surface area contributed by atoms with E-state index in [1.807, 2.05) is 31.2 Å². The van der Waals surface area contributed by atoms with Gasteiger partial charge in [0.15, 0.2) is 17.5 Å². The van der Waals surface area contributed by atoms with E-state index in [0.29, 0.717) is 18.2 Å². The van der Waals surface area contributed by atoms with Gasteiger partial charge in [0.25, 0.3) is 0 Å². The van der Waals surface area contributed by atoms with Crippen LogP contribution in [0.2, 0.25) is 0 Å². The third-order valence-electron chi connectivity index (χ3n) is 5.44. The molecule has 0 aliphatic carbocycles. The lowest BCUT2D eigenvalue weighted by Crippen LogP contribution is -2.44. The van der Waals surface area contributed by atoms with Gasteiger partial charge in [-0.25, -0.2) is 9.37 Å². The van der Waals surface area contributed by atoms with Crippen LogP contribution in [0.15, 0.2) is 42.5 Å². The van der Waals surface area contributed by atoms with Crippen LogP contribution in [0, 0.1) is 12.7 Å². The Balaban J connectivity index is 0.000000868. The molecule has 0 saturated carbocycles. The van der Waals surface area contributed by atoms with Gasteiger partial charge in [-0.05, 0) is 42.8 Å². The second kappa shape index (κ2) is 11.0. The van der Waals surface area contributed by atoms with Gasteiger partial charge in [-0.2, -0.15) is 5.10 Å². The Bertz CT molecular complexity index is 1230. The van der Waals surface area contributed by atoms with E-state index < -0.39 is 0 Å². The minimum atomic E-state index is -0.258. The molecule has 1 aliphatic heterocycles. The molecule has 2 aromatic carbocycles. The molecule has 1 saturated heterocycles. The molecule has 0 radical (unpaired) electrons. The normalized spacial score (nSPS) is 13.5. The molecule has 2 aromatic heterocycles. The van der Waals surface area contributed by atoms with Gasteiger partial charge in [-0.15, -0.1) is 10.2 Å². The number of halogens is 1. The molecule has 0 unspecified atom stereocenters. The van der Waals surface area contributed by atoms with Crippen molar-refractivity contribution in [2.24, 2.45) is 0 Å². The first-order chi connectivity index (χ1) is 16.6. The lowest BCUT2D eigenvalue weighted by atomic mass is 10.1. The van der Waals surface area contributed by atoms with Crippen molar-refractivity contribution in [3.63, 3.8) is 0 Å². The molecule has 3 heterocycles. The van der Waals surface area contributed by atoms with Gasteiger partial charge in [0.2, 0.25) is 0 Å². The second-order valence-electron chi connectivity index (χ2n) is 8.32. The first-order valence-electron chi connectivity index (χ1n) is 11.7. The third-order valence-corrected chi connectivity index (χ3v) is 5.44. The minimum absolute atomic E-state index is 0.258. The van der Waals surface area contributed by atoms with Gasteiger partial charge < -0.3 is 15.5 Å². The molecule has 0 spiro atoms. The van der Waals surface area contributed by atoms with Gasteiger partial charge in [-0.1, -0.05) is 32.4 Å². The molecular weight excluding hydrogens is 431 g/mol. The van der Waals surface area contributed by atoms with E-state index in [2.05, 4.69) is 49.8 Å². The highest BCUT2D eigenvalue weighted by Gasteiger charge is 2.19. The average Bonchev–Trinajstić information content (AvgIpc) is 3.24. The molecule has 4 aromatic rings. The van der Waals surface area contributed by atoms with E-state index in [-0.39, 0.29) is 5.82 Å². The van der Waals surface area contributed by atoms with Crippen LogP contribution in [-0.4, -0.2) is 51.6 Å². The Labute approximate surface area is 199 Å². The van der Waals surface area contributed by atoms with Crippen molar-refractivity contribution < 1.29 is 4.39 Å². The van der Waals surface area contributed by atoms with Crippen LogP contribution in [0.3, 0.4) is 0 Å². The van der Waals surface area contributed by atoms with Gasteiger partial charge in [0, 0.05) is 49.4 Å². The van der Waals surface area contributed by atoms with E-state index in [0.717, 1.165) is 59.7 Å². The zero-order chi connectivity index (χ0) is 23.9. The van der Waals surface area contributed by atoms with Crippen LogP contribution in [0.5, 0.6) is 0 Å². The molecule has 1 aliphatic rings. The molecule has 34 heavy (non-hydrogen) atoms. The van der Waals surface area contributed by atoms with Crippen LogP contribution in [0.25, 0.3) is 22.3 Å². The number of piperazine rings is 1. The third kappa shape index (κ3) is 5.48. The zero-order valence-corrected chi connectivity index (χ0v) is 19.9. The van der Waals surface area contributed by atoms with Gasteiger partial charge in [0.1, 0.15) is 5.82 Å². The molecule has 5 rings (SSSR count). The summed E-state index contributed by atoms with van der Waals surface area (Å²) in [6.45, 7) is 10.1. The van der Waals surface area contributed by atoms with Crippen LogP contribution in [0.1, 0.15) is 31.5 Å². The van der Waals surface area contributed by atoms with Crippen LogP contribution < -0.4 is 15.5 Å². The first kappa shape index (κ1) is 23.6. The number of nitrogens with one attached hydrogen (secondary N) is 3. The number of H-pyrrole nitrogens is 1. The van der Waals surface area contributed by atoms with E-state index in [4.69, 9.17) is 4.98 Å². The molecule has 9 heteroatoms. The number of aromatic nitrogens is 5. The fraction of sp³-hybridized carbons (Fsp3) is 0.360. The zero-order valence-electron chi connectivity index (χ0n) is 19.9. The minimum Gasteiger partial charge on any atom is -0.361 e. The molecule has 0 atom stereocenters. The van der Waals surface area contributed by atoms with Crippen molar-refractivity contribution in [2.75, 3.05) is 36.4 Å². The number of nitrogens with zero attached hydrogens (tertiary/aromatic N) is 5. The Morgan fingerprint density at radius 2 is 1.85 bits per heavy atom. The number of aromatic amines is 1. The Hall–Kier alpha value is -3.59. The first-order valence-corrected chi connectivity index (χ1v) is 11.7. The Morgan fingerprint density at radius 3 is 2.62 bits per heavy atom. The number of rotatable bonds is 5. The SMILES string of the molecule is CCC.Cc1[nH]nc2ccc(-c3nnc(NCc4cccc(F)c4)c(N4CCNCC4)n3)cc12. The Morgan fingerprint density at radius 1 is 1.06 bits per heavy atom. The Kier molecular flexibility index (Phi) is 7.64. The number of fused-ring (bicyclic) bond motifs is 1. The average molecular weight is 463 g/mol. The molecule has 1 fully saturated rings. The lowest BCUT2D eigenvalue weighted by Gasteiger charge is -2.29. The molecule has 0 bridgehead atoms. The van der Waals surface area contributed by atoms with E-state index in [9.17, 15) is 4.39 Å². The van der Waals surface area contributed by atoms with E-state index in [1.165, 1.54) is 18.6 Å². The molecule has 0 amide bonds. The highest BCUT2D eigenvalue weighted by atomic mass is 19.1. The summed E-state index contributed by atoms with van der Waals surface area (Å²) in [5, 5.41) is 23.8. The molecule has 178 valence electrons. The van der Waals surface area contributed by atoms with Crippen molar-refractivity contribution in [1.29, 1.82) is 0 Å². The highest BCUT2D eigenvalue weighted by Crippen LogP contribution is 2.27. The van der Waals surface area contributed by atoms with Gasteiger partial charge in [0.05, 0.1) is 5.52 Å². The summed E-state index contributed by atoms with van der Waals surface area (Å²) in [5.41, 5.74) is 3.63. The van der Waals surface area contributed by atoms with Gasteiger partial charge >= 0.3 is 0 Å². The summed E-state index contributed by atoms with van der Waals surface area (Å²) in [5.74, 6) is 1.65. The van der Waals surface area contributed by atoms with E-state index >= 15 is 0 Å². The summed E-state index contributed by atoms with van der Waals surface area (Å²) in [4.78, 5) is 7.07. The quantitative estimate of drug-likeness (QED) is 0.407. The van der Waals surface area contributed by atoms with Crippen molar-refractivity contribution >= 4 is 22.5 Å². The molecular formula is C25H31FN8. The standard InChI is InChI=1S/C22H23FN8.C3H8/c1-14-18-12-16(5-6-19(18)28-27-14)20-26-22(31-9-7-24-8-10-31)21(30-29-20)25-13-15-3-2-4-17(23)11-15;1-3-2/h2-6,11-12,24H,7-10,13H2,1H3,(H,25,30)(H,27,28);3H2,1-2H3. The number of aryl methyl sites for hydroxylation is 1. The van der Waals surface area contributed by atoms with E-state index in [1.54, 1.807) is 6.07 Å². The van der Waals surface area contributed by atoms with Crippen molar-refractivity contribution in [3.8, 4) is 11.4 Å². The number of benzene rings is 2. The monoisotopic (exact) mass is 462 g/mol. The maximum Gasteiger partial charge on any atom is 0.192 e. The largest absolute Gasteiger partial charge is 0.361 e. The number of hydrogen-bond acceptors (Lipinski definition) is 7. The molecule has 8 nitrogen and oxygen atoms in total. The smallest absolute Gasteiger partial charge is 0.192 e. The van der Waals surface area contributed by atoms with Crippen LogP contribution >= 0.6 is 0 Å². The van der Waals surface area contributed by atoms with Crippen LogP contribution in [-0.2, 0) is 6.54 Å². The van der Waals surface area contributed by atoms with Crippen LogP contribution in [0.4, 0.5) is 16.0 Å². The maximum atomic E-state index is 13.5. The topological polar surface area (TPSA) is 94.6 Å². The summed E-state index contributed by atoms with van der Waals surface area (Å²) in [7, 11) is 0. The summed E-state index contributed by atoms with van der Waals surface area (Å²) in [6, 6.07) is 12.5. The van der Waals surface area contributed by atoms with Crippen molar-refractivity contribution in [3.05, 3.63) is 59.5 Å². The summed E-state index contributed by atoms with van der Waals surface area (Å²) >= 11 is 0. The molecule has 3 N–H and O–H groups in total. The fourth-order valence-corrected chi connectivity index (χ4v) is 3.76. The predicted molar refractivity (Wildman–Crippen MR) is 134 cm³/mol. The van der Waals surface area contributed by atoms with Gasteiger partial charge in [-0.3, -0.25) is 5.10 Å². The maximum absolute atomic E-state index is 13.5.